The number of carbonyl (C=O) groups excluding carboxylic acids is 1. The van der Waals surface area contributed by atoms with Gasteiger partial charge in [0.2, 0.25) is 5.91 Å². The number of nitrogens with one attached hydrogen (secondary N) is 2. The number of rotatable bonds is 5. The number of methoxy groups -OCH3 is 1. The number of fused-ring (bicyclic) bond motifs is 1. The molecule has 1 amide bonds. The van der Waals surface area contributed by atoms with E-state index in [1.54, 1.807) is 7.11 Å². The molecule has 0 aromatic rings. The van der Waals surface area contributed by atoms with Crippen LogP contribution in [-0.2, 0) is 9.53 Å². The Labute approximate surface area is 109 Å². The van der Waals surface area contributed by atoms with Crippen LogP contribution in [-0.4, -0.2) is 62.8 Å². The van der Waals surface area contributed by atoms with E-state index in [9.17, 15) is 4.79 Å². The lowest BCUT2D eigenvalue weighted by Crippen LogP contribution is -2.48. The minimum absolute atomic E-state index is 0.0394. The third kappa shape index (κ3) is 2.68. The smallest absolute Gasteiger partial charge is 0.237 e. The molecule has 0 aromatic carbocycles. The fourth-order valence-electron chi connectivity index (χ4n) is 3.29. The molecule has 0 aliphatic carbocycles. The standard InChI is InChI=1S/C13H25N3O2/c1-9-12-7-14-6-11(12)8-16(9)10(2)13(17)15-4-5-18-3/h9-12,14H,4-8H2,1-3H3,(H,15,17). The molecule has 4 unspecified atom stereocenters. The molecule has 0 saturated carbocycles. The van der Waals surface area contributed by atoms with Crippen LogP contribution in [0.2, 0.25) is 0 Å². The first-order valence-corrected chi connectivity index (χ1v) is 6.88. The molecule has 2 N–H and O–H groups in total. The van der Waals surface area contributed by atoms with Crippen LogP contribution >= 0.6 is 0 Å². The molecule has 5 nitrogen and oxygen atoms in total. The van der Waals surface area contributed by atoms with Crippen molar-refractivity contribution in [3.05, 3.63) is 0 Å². The summed E-state index contributed by atoms with van der Waals surface area (Å²) in [6.45, 7) is 8.66. The van der Waals surface area contributed by atoms with Crippen LogP contribution < -0.4 is 10.6 Å². The lowest BCUT2D eigenvalue weighted by molar-refractivity contribution is -0.126. The summed E-state index contributed by atoms with van der Waals surface area (Å²) < 4.78 is 4.94. The van der Waals surface area contributed by atoms with Crippen molar-refractivity contribution in [3.63, 3.8) is 0 Å². The molecule has 0 radical (unpaired) electrons. The van der Waals surface area contributed by atoms with Crippen molar-refractivity contribution >= 4 is 5.91 Å². The average Bonchev–Trinajstić information content (AvgIpc) is 2.92. The number of hydrogen-bond acceptors (Lipinski definition) is 4. The minimum Gasteiger partial charge on any atom is -0.383 e. The number of ether oxygens (including phenoxy) is 1. The monoisotopic (exact) mass is 255 g/mol. The van der Waals surface area contributed by atoms with Gasteiger partial charge in [-0.05, 0) is 38.8 Å². The van der Waals surface area contributed by atoms with E-state index in [0.29, 0.717) is 31.0 Å². The zero-order valence-corrected chi connectivity index (χ0v) is 11.6. The van der Waals surface area contributed by atoms with E-state index >= 15 is 0 Å². The van der Waals surface area contributed by atoms with Gasteiger partial charge in [-0.3, -0.25) is 9.69 Å². The highest BCUT2D eigenvalue weighted by atomic mass is 16.5. The Balaban J connectivity index is 1.85. The maximum absolute atomic E-state index is 12.0. The van der Waals surface area contributed by atoms with E-state index in [2.05, 4.69) is 22.5 Å². The molecule has 2 rings (SSSR count). The van der Waals surface area contributed by atoms with Gasteiger partial charge in [0.25, 0.3) is 0 Å². The van der Waals surface area contributed by atoms with Crippen molar-refractivity contribution in [1.82, 2.24) is 15.5 Å². The molecule has 5 heteroatoms. The Morgan fingerprint density at radius 1 is 1.56 bits per heavy atom. The van der Waals surface area contributed by atoms with E-state index in [0.717, 1.165) is 19.6 Å². The normalized spacial score (nSPS) is 33.4. The van der Waals surface area contributed by atoms with Crippen LogP contribution in [0.5, 0.6) is 0 Å². The zero-order chi connectivity index (χ0) is 13.1. The van der Waals surface area contributed by atoms with E-state index in [-0.39, 0.29) is 11.9 Å². The van der Waals surface area contributed by atoms with Crippen molar-refractivity contribution in [2.24, 2.45) is 11.8 Å². The van der Waals surface area contributed by atoms with Gasteiger partial charge >= 0.3 is 0 Å². The Bertz CT molecular complexity index is 298. The summed E-state index contributed by atoms with van der Waals surface area (Å²) in [4.78, 5) is 14.4. The number of likely N-dealkylation sites (tertiary alicyclic amines) is 1. The number of hydrogen-bond donors (Lipinski definition) is 2. The molecule has 2 aliphatic heterocycles. The topological polar surface area (TPSA) is 53.6 Å². The predicted molar refractivity (Wildman–Crippen MR) is 70.4 cm³/mol. The van der Waals surface area contributed by atoms with Gasteiger partial charge < -0.3 is 15.4 Å². The maximum atomic E-state index is 12.0. The molecule has 18 heavy (non-hydrogen) atoms. The fraction of sp³-hybridized carbons (Fsp3) is 0.923. The molecule has 2 saturated heterocycles. The summed E-state index contributed by atoms with van der Waals surface area (Å²) in [5.41, 5.74) is 0. The number of nitrogens with zero attached hydrogens (tertiary/aromatic N) is 1. The van der Waals surface area contributed by atoms with E-state index in [4.69, 9.17) is 4.74 Å². The van der Waals surface area contributed by atoms with Crippen molar-refractivity contribution in [1.29, 1.82) is 0 Å². The molecule has 2 aliphatic rings. The van der Waals surface area contributed by atoms with Gasteiger partial charge in [0.15, 0.2) is 0 Å². The summed E-state index contributed by atoms with van der Waals surface area (Å²) in [6.07, 6.45) is 0. The quantitative estimate of drug-likeness (QED) is 0.661. The second-order valence-corrected chi connectivity index (χ2v) is 5.48. The summed E-state index contributed by atoms with van der Waals surface area (Å²) in [5, 5.41) is 6.37. The summed E-state index contributed by atoms with van der Waals surface area (Å²) in [6, 6.07) is 0.454. The first-order chi connectivity index (χ1) is 8.65. The van der Waals surface area contributed by atoms with E-state index < -0.39 is 0 Å². The molecule has 0 bridgehead atoms. The highest BCUT2D eigenvalue weighted by molar-refractivity contribution is 5.81. The lowest BCUT2D eigenvalue weighted by atomic mass is 9.95. The van der Waals surface area contributed by atoms with Crippen molar-refractivity contribution in [3.8, 4) is 0 Å². The van der Waals surface area contributed by atoms with Gasteiger partial charge in [-0.1, -0.05) is 0 Å². The summed E-state index contributed by atoms with van der Waals surface area (Å²) >= 11 is 0. The first-order valence-electron chi connectivity index (χ1n) is 6.88. The van der Waals surface area contributed by atoms with Crippen molar-refractivity contribution < 1.29 is 9.53 Å². The molecule has 104 valence electrons. The Morgan fingerprint density at radius 2 is 2.33 bits per heavy atom. The molecule has 4 atom stereocenters. The Morgan fingerprint density at radius 3 is 3.00 bits per heavy atom. The first kappa shape index (κ1) is 13.8. The van der Waals surface area contributed by atoms with Crippen LogP contribution in [0.25, 0.3) is 0 Å². The van der Waals surface area contributed by atoms with E-state index in [1.807, 2.05) is 6.92 Å². The summed E-state index contributed by atoms with van der Waals surface area (Å²) in [5.74, 6) is 1.54. The lowest BCUT2D eigenvalue weighted by Gasteiger charge is -2.29. The van der Waals surface area contributed by atoms with Gasteiger partial charge in [0.05, 0.1) is 12.6 Å². The predicted octanol–water partition coefficient (Wildman–Crippen LogP) is -0.323. The van der Waals surface area contributed by atoms with Gasteiger partial charge in [-0.25, -0.2) is 0 Å². The number of amides is 1. The van der Waals surface area contributed by atoms with Crippen LogP contribution in [0.15, 0.2) is 0 Å². The average molecular weight is 255 g/mol. The molecule has 2 heterocycles. The second kappa shape index (κ2) is 5.99. The third-order valence-corrected chi connectivity index (χ3v) is 4.46. The Hall–Kier alpha value is -0.650. The third-order valence-electron chi connectivity index (χ3n) is 4.46. The van der Waals surface area contributed by atoms with Crippen LogP contribution in [0.1, 0.15) is 13.8 Å². The molecular weight excluding hydrogens is 230 g/mol. The second-order valence-electron chi connectivity index (χ2n) is 5.48. The van der Waals surface area contributed by atoms with Crippen LogP contribution in [0.3, 0.4) is 0 Å². The maximum Gasteiger partial charge on any atom is 0.237 e. The molecule has 0 aromatic heterocycles. The van der Waals surface area contributed by atoms with Crippen LogP contribution in [0, 0.1) is 11.8 Å². The minimum atomic E-state index is -0.0394. The highest BCUT2D eigenvalue weighted by Crippen LogP contribution is 2.33. The van der Waals surface area contributed by atoms with Crippen molar-refractivity contribution in [2.75, 3.05) is 39.9 Å². The number of carbonyl (C=O) groups is 1. The van der Waals surface area contributed by atoms with Gasteiger partial charge in [-0.15, -0.1) is 0 Å². The zero-order valence-electron chi connectivity index (χ0n) is 11.6. The fourth-order valence-corrected chi connectivity index (χ4v) is 3.29. The van der Waals surface area contributed by atoms with Gasteiger partial charge in [0, 0.05) is 26.2 Å². The van der Waals surface area contributed by atoms with Crippen molar-refractivity contribution in [2.45, 2.75) is 25.9 Å². The molecule has 2 fully saturated rings. The largest absolute Gasteiger partial charge is 0.383 e. The molecule has 0 spiro atoms. The SMILES string of the molecule is COCCNC(=O)C(C)N1CC2CNCC2C1C. The summed E-state index contributed by atoms with van der Waals surface area (Å²) in [7, 11) is 1.65. The van der Waals surface area contributed by atoms with Gasteiger partial charge in [0.1, 0.15) is 0 Å². The van der Waals surface area contributed by atoms with E-state index in [1.165, 1.54) is 0 Å². The van der Waals surface area contributed by atoms with Crippen LogP contribution in [0.4, 0.5) is 0 Å². The van der Waals surface area contributed by atoms with Gasteiger partial charge in [-0.2, -0.15) is 0 Å². The Kier molecular flexibility index (Phi) is 4.59. The molecular formula is C13H25N3O2. The highest BCUT2D eigenvalue weighted by Gasteiger charge is 2.44.